The van der Waals surface area contributed by atoms with E-state index < -0.39 is 46.9 Å². The first kappa shape index (κ1) is 22.4. The molecule has 1 amide bonds. The molecule has 2 aromatic rings. The van der Waals surface area contributed by atoms with Gasteiger partial charge in [0, 0.05) is 11.3 Å². The van der Waals surface area contributed by atoms with Crippen LogP contribution in [0.5, 0.6) is 0 Å². The monoisotopic (exact) mass is 430 g/mol. The zero-order valence-corrected chi connectivity index (χ0v) is 14.0. The number of halogens is 9. The minimum Gasteiger partial charge on any atom is -0.348 e. The van der Waals surface area contributed by atoms with Gasteiger partial charge in [0.05, 0.1) is 5.56 Å². The lowest BCUT2D eigenvalue weighted by atomic mass is 10.1. The van der Waals surface area contributed by atoms with E-state index in [-0.39, 0.29) is 6.07 Å². The minimum atomic E-state index is -6.16. The summed E-state index contributed by atoms with van der Waals surface area (Å²) in [5.41, 5.74) is -8.19. The third-order valence-electron chi connectivity index (χ3n) is 3.71. The van der Waals surface area contributed by atoms with Crippen LogP contribution >= 0.6 is 0 Å². The van der Waals surface area contributed by atoms with E-state index in [1.807, 2.05) is 0 Å². The van der Waals surface area contributed by atoms with Gasteiger partial charge in [-0.15, -0.1) is 0 Å². The molecule has 2 aromatic carbocycles. The van der Waals surface area contributed by atoms with Gasteiger partial charge in [0.25, 0.3) is 5.91 Å². The van der Waals surface area contributed by atoms with Gasteiger partial charge in [-0.05, 0) is 30.3 Å². The molecule has 0 fully saturated rings. The Morgan fingerprint density at radius 2 is 1.28 bits per heavy atom. The van der Waals surface area contributed by atoms with Crippen LogP contribution in [0.15, 0.2) is 54.6 Å². The van der Waals surface area contributed by atoms with E-state index in [1.54, 1.807) is 0 Å². The molecule has 12 heteroatoms. The highest BCUT2D eigenvalue weighted by Gasteiger charge is 2.72. The lowest BCUT2D eigenvalue weighted by Gasteiger charge is -2.39. The Labute approximate surface area is 157 Å². The van der Waals surface area contributed by atoms with Crippen LogP contribution in [0.1, 0.15) is 15.9 Å². The van der Waals surface area contributed by atoms with Crippen molar-refractivity contribution in [2.45, 2.75) is 24.2 Å². The summed E-state index contributed by atoms with van der Waals surface area (Å²) < 4.78 is 120. The summed E-state index contributed by atoms with van der Waals surface area (Å²) in [6, 6.07) is 7.47. The zero-order valence-electron chi connectivity index (χ0n) is 14.0. The van der Waals surface area contributed by atoms with Crippen LogP contribution in [-0.2, 0) is 6.18 Å². The van der Waals surface area contributed by atoms with E-state index in [4.69, 9.17) is 0 Å². The summed E-state index contributed by atoms with van der Waals surface area (Å²) in [5, 5.41) is 1.86. The number of hydrogen-bond donors (Lipinski definition) is 2. The van der Waals surface area contributed by atoms with Crippen molar-refractivity contribution in [3.05, 3.63) is 65.7 Å². The molecule has 0 unspecified atom stereocenters. The van der Waals surface area contributed by atoms with E-state index in [9.17, 15) is 44.3 Å². The van der Waals surface area contributed by atoms with Crippen LogP contribution in [0, 0.1) is 0 Å². The molecular weight excluding hydrogens is 419 g/mol. The predicted molar refractivity (Wildman–Crippen MR) is 83.8 cm³/mol. The molecule has 0 spiro atoms. The van der Waals surface area contributed by atoms with Crippen molar-refractivity contribution in [1.82, 2.24) is 5.32 Å². The Balaban J connectivity index is 2.55. The van der Waals surface area contributed by atoms with Crippen molar-refractivity contribution in [1.29, 1.82) is 0 Å². The molecule has 0 aromatic heterocycles. The normalized spacial score (nSPS) is 13.1. The Kier molecular flexibility index (Phi) is 5.77. The molecule has 0 aliphatic carbocycles. The molecular formula is C17H11F9N2O. The van der Waals surface area contributed by atoms with E-state index in [2.05, 4.69) is 0 Å². The average Bonchev–Trinajstić information content (AvgIpc) is 2.59. The molecule has 0 bridgehead atoms. The fourth-order valence-electron chi connectivity index (χ4n) is 2.30. The van der Waals surface area contributed by atoms with E-state index in [0.717, 1.165) is 22.8 Å². The quantitative estimate of drug-likeness (QED) is 0.506. The summed E-state index contributed by atoms with van der Waals surface area (Å²) in [6.45, 7) is 0. The van der Waals surface area contributed by atoms with E-state index in [0.29, 0.717) is 18.2 Å². The number of carbonyl (C=O) groups is 1. The fourth-order valence-corrected chi connectivity index (χ4v) is 2.30. The second kappa shape index (κ2) is 7.48. The van der Waals surface area contributed by atoms with Gasteiger partial charge < -0.3 is 10.6 Å². The highest BCUT2D eigenvalue weighted by atomic mass is 19.4. The SMILES string of the molecule is O=C(NC(Nc1cccc(C(F)(F)F)c1)(C(F)(F)F)C(F)(F)F)c1ccccc1. The number of nitrogens with one attached hydrogen (secondary N) is 2. The molecule has 0 heterocycles. The van der Waals surface area contributed by atoms with Crippen molar-refractivity contribution in [2.24, 2.45) is 0 Å². The summed E-state index contributed by atoms with van der Waals surface area (Å²) in [5.74, 6) is -1.74. The fraction of sp³-hybridized carbons (Fsp3) is 0.235. The van der Waals surface area contributed by atoms with Gasteiger partial charge in [-0.1, -0.05) is 24.3 Å². The van der Waals surface area contributed by atoms with Crippen LogP contribution in [0.2, 0.25) is 0 Å². The molecule has 0 aliphatic heterocycles. The lowest BCUT2D eigenvalue weighted by molar-refractivity contribution is -0.294. The number of carbonyl (C=O) groups excluding carboxylic acids is 1. The first-order valence-electron chi connectivity index (χ1n) is 7.64. The summed E-state index contributed by atoms with van der Waals surface area (Å²) in [4.78, 5) is 12.0. The summed E-state index contributed by atoms with van der Waals surface area (Å²) in [6.07, 6.45) is -17.3. The zero-order chi connectivity index (χ0) is 22.1. The predicted octanol–water partition coefficient (Wildman–Crippen LogP) is 5.37. The maximum atomic E-state index is 13.5. The Morgan fingerprint density at radius 3 is 1.76 bits per heavy atom. The number of alkyl halides is 9. The average molecular weight is 430 g/mol. The van der Waals surface area contributed by atoms with Gasteiger partial charge in [0.1, 0.15) is 0 Å². The number of benzene rings is 2. The summed E-state index contributed by atoms with van der Waals surface area (Å²) in [7, 11) is 0. The third kappa shape index (κ3) is 4.74. The maximum absolute atomic E-state index is 13.5. The van der Waals surface area contributed by atoms with Crippen molar-refractivity contribution in [3.8, 4) is 0 Å². The smallest absolute Gasteiger partial charge is 0.348 e. The Hall–Kier alpha value is -2.92. The van der Waals surface area contributed by atoms with Crippen molar-refractivity contribution in [3.63, 3.8) is 0 Å². The van der Waals surface area contributed by atoms with Gasteiger partial charge in [0.2, 0.25) is 0 Å². The van der Waals surface area contributed by atoms with Crippen LogP contribution in [0.3, 0.4) is 0 Å². The first-order chi connectivity index (χ1) is 13.2. The first-order valence-corrected chi connectivity index (χ1v) is 7.64. The van der Waals surface area contributed by atoms with Gasteiger partial charge >= 0.3 is 24.2 Å². The van der Waals surface area contributed by atoms with Crippen molar-refractivity contribution in [2.75, 3.05) is 5.32 Å². The molecule has 0 radical (unpaired) electrons. The molecule has 0 saturated heterocycles. The second-order valence-electron chi connectivity index (χ2n) is 5.77. The Bertz CT molecular complexity index is 844. The molecule has 2 rings (SSSR count). The van der Waals surface area contributed by atoms with Crippen LogP contribution in [0.4, 0.5) is 45.2 Å². The third-order valence-corrected chi connectivity index (χ3v) is 3.71. The minimum absolute atomic E-state index is 0.0703. The topological polar surface area (TPSA) is 41.1 Å². The van der Waals surface area contributed by atoms with Crippen LogP contribution in [-0.4, -0.2) is 23.9 Å². The number of rotatable bonds is 4. The molecule has 0 saturated carbocycles. The van der Waals surface area contributed by atoms with E-state index >= 15 is 0 Å². The highest BCUT2D eigenvalue weighted by Crippen LogP contribution is 2.44. The Morgan fingerprint density at radius 1 is 0.724 bits per heavy atom. The van der Waals surface area contributed by atoms with Crippen molar-refractivity contribution < 1.29 is 44.3 Å². The van der Waals surface area contributed by atoms with Gasteiger partial charge in [0.15, 0.2) is 0 Å². The maximum Gasteiger partial charge on any atom is 0.439 e. The number of hydrogen-bond acceptors (Lipinski definition) is 2. The molecule has 3 nitrogen and oxygen atoms in total. The number of anilines is 1. The largest absolute Gasteiger partial charge is 0.439 e. The van der Waals surface area contributed by atoms with Crippen LogP contribution < -0.4 is 10.6 Å². The standard InChI is InChI=1S/C17H11F9N2O/c18-14(19,20)11-7-4-8-12(9-11)27-15(16(21,22)23,17(24,25)26)28-13(29)10-5-2-1-3-6-10/h1-9,27H,(H,28,29). The van der Waals surface area contributed by atoms with E-state index in [1.165, 1.54) is 18.2 Å². The van der Waals surface area contributed by atoms with Crippen LogP contribution in [0.25, 0.3) is 0 Å². The molecule has 2 N–H and O–H groups in total. The van der Waals surface area contributed by atoms with Gasteiger partial charge in [-0.3, -0.25) is 4.79 Å². The highest BCUT2D eigenvalue weighted by molar-refractivity contribution is 5.95. The summed E-state index contributed by atoms with van der Waals surface area (Å²) >= 11 is 0. The number of amides is 1. The molecule has 29 heavy (non-hydrogen) atoms. The molecule has 158 valence electrons. The lowest BCUT2D eigenvalue weighted by Crippen LogP contribution is -2.72. The van der Waals surface area contributed by atoms with Gasteiger partial charge in [-0.25, -0.2) is 0 Å². The molecule has 0 atom stereocenters. The molecule has 0 aliphatic rings. The second-order valence-corrected chi connectivity index (χ2v) is 5.77. The van der Waals surface area contributed by atoms with Crippen molar-refractivity contribution >= 4 is 11.6 Å². The van der Waals surface area contributed by atoms with Gasteiger partial charge in [-0.2, -0.15) is 39.5 Å².